The number of carboxylic acids is 1. The number of unbranched alkanes of at least 4 members (excludes halogenated alkanes) is 3. The first kappa shape index (κ1) is 25.9. The fourth-order valence-corrected chi connectivity index (χ4v) is 3.52. The Morgan fingerprint density at radius 3 is 2.70 bits per heavy atom. The molecule has 0 aromatic carbocycles. The summed E-state index contributed by atoms with van der Waals surface area (Å²) in [6, 6.07) is -1.10. The lowest BCUT2D eigenvalue weighted by molar-refractivity contribution is -0.139. The summed E-state index contributed by atoms with van der Waals surface area (Å²) in [5.74, 6) is -0.277. The predicted molar refractivity (Wildman–Crippen MR) is 127 cm³/mol. The number of guanidine groups is 1. The van der Waals surface area contributed by atoms with E-state index in [1.807, 2.05) is 25.3 Å². The molecule has 0 spiro atoms. The monoisotopic (exact) mass is 465 g/mol. The Morgan fingerprint density at radius 1 is 1.24 bits per heavy atom. The lowest BCUT2D eigenvalue weighted by Crippen LogP contribution is -2.45. The zero-order chi connectivity index (χ0) is 24.2. The van der Waals surface area contributed by atoms with E-state index in [0.29, 0.717) is 19.4 Å². The molecule has 0 aromatic rings. The number of fused-ring (bicyclic) bond motifs is 1. The zero-order valence-electron chi connectivity index (χ0n) is 19.3. The first-order chi connectivity index (χ1) is 15.8. The van der Waals surface area contributed by atoms with Crippen LogP contribution in [0.2, 0.25) is 0 Å². The Hall–Kier alpha value is -3.38. The molecule has 33 heavy (non-hydrogen) atoms. The molecule has 0 aliphatic carbocycles. The number of amides is 1. The summed E-state index contributed by atoms with van der Waals surface area (Å²) in [6.45, 7) is 1.36. The van der Waals surface area contributed by atoms with Gasteiger partial charge in [0.05, 0.1) is 12.9 Å². The highest BCUT2D eigenvalue weighted by Crippen LogP contribution is 2.20. The SMILES string of the molecule is CN(C)C1=NC=NC2C1N=CN2CCCCCCOC(=O)NC(CCCN=C(N)N)C(=O)O. The fourth-order valence-electron chi connectivity index (χ4n) is 3.52. The van der Waals surface area contributed by atoms with Gasteiger partial charge in [0, 0.05) is 27.2 Å². The number of carboxylic acid groups (broad SMARTS) is 1. The summed E-state index contributed by atoms with van der Waals surface area (Å²) in [4.78, 5) is 44.3. The number of carbonyl (C=O) groups is 2. The zero-order valence-corrected chi connectivity index (χ0v) is 19.3. The Labute approximate surface area is 193 Å². The molecular weight excluding hydrogens is 430 g/mol. The van der Waals surface area contributed by atoms with Crippen molar-refractivity contribution in [1.29, 1.82) is 0 Å². The van der Waals surface area contributed by atoms with E-state index in [1.54, 1.807) is 6.34 Å². The van der Waals surface area contributed by atoms with E-state index < -0.39 is 18.1 Å². The molecule has 0 radical (unpaired) electrons. The van der Waals surface area contributed by atoms with Gasteiger partial charge in [0.25, 0.3) is 0 Å². The highest BCUT2D eigenvalue weighted by Gasteiger charge is 2.36. The summed E-state index contributed by atoms with van der Waals surface area (Å²) < 4.78 is 5.10. The van der Waals surface area contributed by atoms with E-state index in [4.69, 9.17) is 16.2 Å². The molecule has 184 valence electrons. The fraction of sp³-hybridized carbons (Fsp3) is 0.700. The van der Waals surface area contributed by atoms with Crippen molar-refractivity contribution < 1.29 is 19.4 Å². The van der Waals surface area contributed by atoms with Gasteiger partial charge in [-0.25, -0.2) is 19.6 Å². The van der Waals surface area contributed by atoms with Crippen molar-refractivity contribution in [3.8, 4) is 0 Å². The van der Waals surface area contributed by atoms with Crippen molar-refractivity contribution in [2.45, 2.75) is 56.8 Å². The highest BCUT2D eigenvalue weighted by molar-refractivity contribution is 5.97. The number of carbonyl (C=O) groups excluding carboxylic acids is 1. The third-order valence-electron chi connectivity index (χ3n) is 5.21. The second-order valence-corrected chi connectivity index (χ2v) is 8.04. The lowest BCUT2D eigenvalue weighted by Gasteiger charge is -2.29. The number of ether oxygens (including phenoxy) is 1. The van der Waals surface area contributed by atoms with Crippen LogP contribution in [0.25, 0.3) is 0 Å². The van der Waals surface area contributed by atoms with Crippen LogP contribution < -0.4 is 16.8 Å². The molecule has 0 fully saturated rings. The average Bonchev–Trinajstić information content (AvgIpc) is 3.17. The molecule has 0 saturated carbocycles. The number of aliphatic carboxylic acids is 1. The van der Waals surface area contributed by atoms with E-state index in [1.165, 1.54) is 0 Å². The molecular formula is C20H35N9O4. The maximum atomic E-state index is 11.9. The number of likely N-dealkylation sites (N-methyl/N-ethyl adjacent to an activating group) is 1. The third kappa shape index (κ3) is 8.58. The van der Waals surface area contributed by atoms with Crippen LogP contribution in [0.3, 0.4) is 0 Å². The topological polar surface area (TPSA) is 184 Å². The van der Waals surface area contributed by atoms with E-state index in [9.17, 15) is 14.7 Å². The summed E-state index contributed by atoms with van der Waals surface area (Å²) in [7, 11) is 3.90. The van der Waals surface area contributed by atoms with Crippen molar-refractivity contribution in [3.05, 3.63) is 0 Å². The summed E-state index contributed by atoms with van der Waals surface area (Å²) >= 11 is 0. The van der Waals surface area contributed by atoms with Crippen molar-refractivity contribution in [1.82, 2.24) is 15.1 Å². The number of hydrogen-bond donors (Lipinski definition) is 4. The number of nitrogens with one attached hydrogen (secondary N) is 1. The van der Waals surface area contributed by atoms with E-state index >= 15 is 0 Å². The van der Waals surface area contributed by atoms with Gasteiger partial charge >= 0.3 is 12.1 Å². The lowest BCUT2D eigenvalue weighted by atomic mass is 10.1. The predicted octanol–water partition coefficient (Wildman–Crippen LogP) is -0.180. The molecule has 13 heteroatoms. The van der Waals surface area contributed by atoms with Crippen molar-refractivity contribution in [3.63, 3.8) is 0 Å². The molecule has 3 unspecified atom stereocenters. The number of aliphatic imine (C=N–C) groups is 4. The standard InChI is InChI=1S/C20H35N9O4/c1-28(2)16-15-17(25-12-24-16)29(13-26-15)10-5-3-4-6-11-33-20(32)27-14(18(30)31)8-7-9-23-19(21)22/h12-15,17H,3-11H2,1-2H3,(H,27,32)(H,30,31)(H4,21,22,23). The molecule has 2 aliphatic heterocycles. The van der Waals surface area contributed by atoms with Gasteiger partial charge in [-0.1, -0.05) is 6.42 Å². The number of alkyl carbamates (subject to hydrolysis) is 1. The van der Waals surface area contributed by atoms with Gasteiger partial charge in [0.15, 0.2) is 12.1 Å². The van der Waals surface area contributed by atoms with E-state index in [-0.39, 0.29) is 31.2 Å². The molecule has 13 nitrogen and oxygen atoms in total. The minimum absolute atomic E-state index is 0.0337. The number of hydrogen-bond acceptors (Lipinski definition) is 9. The van der Waals surface area contributed by atoms with E-state index in [0.717, 1.165) is 31.6 Å². The van der Waals surface area contributed by atoms with Crippen molar-refractivity contribution in [2.24, 2.45) is 31.4 Å². The first-order valence-corrected chi connectivity index (χ1v) is 11.1. The van der Waals surface area contributed by atoms with Crippen LogP contribution in [-0.4, -0.2) is 103 Å². The minimum atomic E-state index is -1.13. The van der Waals surface area contributed by atoms with Crippen molar-refractivity contribution >= 4 is 36.5 Å². The van der Waals surface area contributed by atoms with Crippen LogP contribution in [0.5, 0.6) is 0 Å². The molecule has 3 atom stereocenters. The van der Waals surface area contributed by atoms with Gasteiger partial charge < -0.3 is 36.4 Å². The van der Waals surface area contributed by atoms with Gasteiger partial charge in [-0.15, -0.1) is 0 Å². The molecule has 6 N–H and O–H groups in total. The number of rotatable bonds is 13. The second kappa shape index (κ2) is 13.2. The molecule has 2 aliphatic rings. The van der Waals surface area contributed by atoms with Crippen LogP contribution in [0.4, 0.5) is 4.79 Å². The van der Waals surface area contributed by atoms with Gasteiger partial charge in [0.2, 0.25) is 0 Å². The van der Waals surface area contributed by atoms with Gasteiger partial charge in [-0.05, 0) is 32.1 Å². The number of nitrogens with zero attached hydrogens (tertiary/aromatic N) is 6. The molecule has 0 bridgehead atoms. The van der Waals surface area contributed by atoms with Crippen molar-refractivity contribution in [2.75, 3.05) is 33.8 Å². The maximum absolute atomic E-state index is 11.9. The van der Waals surface area contributed by atoms with Crippen LogP contribution in [0, 0.1) is 0 Å². The Morgan fingerprint density at radius 2 is 2.00 bits per heavy atom. The normalized spacial score (nSPS) is 19.5. The highest BCUT2D eigenvalue weighted by atomic mass is 16.5. The van der Waals surface area contributed by atoms with Crippen LogP contribution in [0.15, 0.2) is 20.0 Å². The quantitative estimate of drug-likeness (QED) is 0.164. The average molecular weight is 466 g/mol. The summed E-state index contributed by atoms with van der Waals surface area (Å²) in [6.07, 6.45) is 6.81. The maximum Gasteiger partial charge on any atom is 0.407 e. The minimum Gasteiger partial charge on any atom is -0.480 e. The largest absolute Gasteiger partial charge is 0.480 e. The molecule has 0 aromatic heterocycles. The van der Waals surface area contributed by atoms with E-state index in [2.05, 4.69) is 30.2 Å². The smallest absolute Gasteiger partial charge is 0.407 e. The van der Waals surface area contributed by atoms with Crippen LogP contribution in [0.1, 0.15) is 38.5 Å². The van der Waals surface area contributed by atoms with Gasteiger partial charge in [-0.2, -0.15) is 0 Å². The van der Waals surface area contributed by atoms with Crippen LogP contribution in [-0.2, 0) is 9.53 Å². The summed E-state index contributed by atoms with van der Waals surface area (Å²) in [5.41, 5.74) is 10.4. The summed E-state index contributed by atoms with van der Waals surface area (Å²) in [5, 5.41) is 11.6. The third-order valence-corrected chi connectivity index (χ3v) is 5.21. The Bertz CT molecular complexity index is 777. The van der Waals surface area contributed by atoms with Crippen LogP contribution >= 0.6 is 0 Å². The van der Waals surface area contributed by atoms with Gasteiger partial charge in [-0.3, -0.25) is 9.98 Å². The number of nitrogens with two attached hydrogens (primary N) is 2. The Balaban J connectivity index is 1.56. The molecule has 0 saturated heterocycles. The molecule has 2 rings (SSSR count). The first-order valence-electron chi connectivity index (χ1n) is 11.1. The molecule has 2 heterocycles. The Kier molecular flexibility index (Phi) is 10.4. The number of amidine groups is 1. The molecule has 1 amide bonds. The van der Waals surface area contributed by atoms with Gasteiger partial charge in [0.1, 0.15) is 24.3 Å². The second-order valence-electron chi connectivity index (χ2n) is 8.04.